The molecule has 0 bridgehead atoms. The minimum Gasteiger partial charge on any atom is -0.726 e. The van der Waals surface area contributed by atoms with Crippen molar-refractivity contribution in [3.63, 3.8) is 0 Å². The number of aliphatic hydroxyl groups excluding tert-OH is 1. The fraction of sp³-hybridized carbons (Fsp3) is 1.00. The van der Waals surface area contributed by atoms with E-state index in [0.717, 1.165) is 64.2 Å². The molecule has 0 spiro atoms. The van der Waals surface area contributed by atoms with Gasteiger partial charge in [-0.05, 0) is 110 Å². The van der Waals surface area contributed by atoms with Gasteiger partial charge in [-0.25, -0.2) is 16.8 Å². The van der Waals surface area contributed by atoms with Gasteiger partial charge >= 0.3 is 59.1 Å². The van der Waals surface area contributed by atoms with Crippen LogP contribution in [0.3, 0.4) is 0 Å². The van der Waals surface area contributed by atoms with Crippen LogP contribution in [0.15, 0.2) is 0 Å². The molecule has 0 aromatic carbocycles. The summed E-state index contributed by atoms with van der Waals surface area (Å²) in [6, 6.07) is 0. The van der Waals surface area contributed by atoms with E-state index >= 15 is 0 Å². The summed E-state index contributed by atoms with van der Waals surface area (Å²) in [5, 5.41) is 11.1. The molecule has 1 N–H and O–H groups in total. The van der Waals surface area contributed by atoms with E-state index in [2.05, 4.69) is 27.7 Å². The first-order valence-electron chi connectivity index (χ1n) is 14.5. The minimum absolute atomic E-state index is 0. The Kier molecular flexibility index (Phi) is 13.7. The van der Waals surface area contributed by atoms with Crippen LogP contribution in [0.2, 0.25) is 0 Å². The molecule has 4 aliphatic carbocycles. The molecule has 4 aliphatic rings. The zero-order chi connectivity index (χ0) is 28.1. The number of rotatable bonds is 10. The average Bonchev–Trinajstić information content (AvgIpc) is 3.14. The first-order valence-corrected chi connectivity index (χ1v) is 17.1. The second-order valence-electron chi connectivity index (χ2n) is 13.6. The molecule has 0 aliphatic heterocycles. The summed E-state index contributed by atoms with van der Waals surface area (Å²) >= 11 is 0. The second kappa shape index (κ2) is 14.4. The van der Waals surface area contributed by atoms with Crippen molar-refractivity contribution in [3.8, 4) is 0 Å². The first-order chi connectivity index (χ1) is 17.6. The summed E-state index contributed by atoms with van der Waals surface area (Å²) in [6.07, 6.45) is 7.78. The third-order valence-corrected chi connectivity index (χ3v) is 12.3. The van der Waals surface area contributed by atoms with Gasteiger partial charge in [0.15, 0.2) is 0 Å². The van der Waals surface area contributed by atoms with Crippen molar-refractivity contribution < 1.29 is 98.5 Å². The zero-order valence-electron chi connectivity index (χ0n) is 25.2. The number of fused-ring (bicyclic) bond motifs is 5. The Morgan fingerprint density at radius 1 is 0.825 bits per heavy atom. The molecule has 0 saturated heterocycles. The van der Waals surface area contributed by atoms with Crippen LogP contribution in [0.5, 0.6) is 0 Å². The van der Waals surface area contributed by atoms with Crippen molar-refractivity contribution in [3.05, 3.63) is 0 Å². The van der Waals surface area contributed by atoms with E-state index in [-0.39, 0.29) is 88.4 Å². The Morgan fingerprint density at radius 3 is 2.02 bits per heavy atom. The van der Waals surface area contributed by atoms with Crippen LogP contribution in [0.25, 0.3) is 0 Å². The van der Waals surface area contributed by atoms with Crippen molar-refractivity contribution in [1.82, 2.24) is 0 Å². The maximum Gasteiger partial charge on any atom is 1.00 e. The topological polar surface area (TPSA) is 153 Å². The zero-order valence-corrected chi connectivity index (χ0v) is 30.8. The molecule has 0 radical (unpaired) electrons. The van der Waals surface area contributed by atoms with Crippen LogP contribution in [0.4, 0.5) is 0 Å². The number of hydrogen-bond donors (Lipinski definition) is 1. The Morgan fingerprint density at radius 2 is 1.43 bits per heavy atom. The summed E-state index contributed by atoms with van der Waals surface area (Å²) in [4.78, 5) is 0. The van der Waals surface area contributed by atoms with Crippen molar-refractivity contribution in [2.45, 2.75) is 111 Å². The molecule has 4 rings (SSSR count). The largest absolute Gasteiger partial charge is 1.00 e. The molecule has 0 aromatic heterocycles. The monoisotopic (exact) mass is 624 g/mol. The Bertz CT molecular complexity index is 1060. The molecule has 40 heavy (non-hydrogen) atoms. The maximum absolute atomic E-state index is 11.3. The molecular weight excluding hydrogens is 578 g/mol. The van der Waals surface area contributed by atoms with Crippen LogP contribution in [-0.2, 0) is 29.2 Å². The molecule has 10 atom stereocenters. The normalized spacial score (nSPS) is 40.2. The average molecular weight is 625 g/mol. The molecule has 4 saturated carbocycles. The minimum atomic E-state index is -4.88. The van der Waals surface area contributed by atoms with Crippen molar-refractivity contribution in [1.29, 1.82) is 0 Å². The predicted octanol–water partition coefficient (Wildman–Crippen LogP) is -1.61. The molecule has 0 amide bonds. The van der Waals surface area contributed by atoms with Gasteiger partial charge in [-0.15, -0.1) is 0 Å². The van der Waals surface area contributed by atoms with E-state index in [1.807, 2.05) is 0 Å². The van der Waals surface area contributed by atoms with E-state index in [9.17, 15) is 31.0 Å². The Hall–Kier alpha value is 1.70. The van der Waals surface area contributed by atoms with Crippen LogP contribution in [0, 0.1) is 52.3 Å². The molecule has 0 aromatic rings. The Balaban J connectivity index is 0.00000280. The number of aliphatic hydroxyl groups is 1. The quantitative estimate of drug-likeness (QED) is 0.172. The summed E-state index contributed by atoms with van der Waals surface area (Å²) < 4.78 is 77.2. The summed E-state index contributed by atoms with van der Waals surface area (Å²) in [6.45, 7) is 8.90. The molecular formula is C27H46Na2O9S2. The van der Waals surface area contributed by atoms with Gasteiger partial charge in [0.2, 0.25) is 20.8 Å². The van der Waals surface area contributed by atoms with Gasteiger partial charge in [-0.1, -0.05) is 40.5 Å². The first kappa shape index (κ1) is 37.9. The van der Waals surface area contributed by atoms with Gasteiger partial charge in [0.1, 0.15) is 6.10 Å². The maximum atomic E-state index is 11.3. The molecule has 4 fully saturated rings. The fourth-order valence-corrected chi connectivity index (χ4v) is 10.6. The summed E-state index contributed by atoms with van der Waals surface area (Å²) in [5.74, 6) is 2.13. The van der Waals surface area contributed by atoms with E-state index in [4.69, 9.17) is 8.37 Å². The molecule has 13 heteroatoms. The van der Waals surface area contributed by atoms with Gasteiger partial charge in [-0.2, -0.15) is 0 Å². The third kappa shape index (κ3) is 8.29. The predicted molar refractivity (Wildman–Crippen MR) is 139 cm³/mol. The summed E-state index contributed by atoms with van der Waals surface area (Å²) in [5.41, 5.74) is -0.108. The van der Waals surface area contributed by atoms with E-state index < -0.39 is 33.0 Å². The van der Waals surface area contributed by atoms with Gasteiger partial charge in [0.05, 0.1) is 12.7 Å². The fourth-order valence-electron chi connectivity index (χ4n) is 9.73. The smallest absolute Gasteiger partial charge is 0.726 e. The van der Waals surface area contributed by atoms with Crippen LogP contribution >= 0.6 is 0 Å². The molecule has 0 heterocycles. The van der Waals surface area contributed by atoms with E-state index in [1.165, 1.54) is 0 Å². The van der Waals surface area contributed by atoms with E-state index in [1.54, 1.807) is 0 Å². The van der Waals surface area contributed by atoms with Crippen molar-refractivity contribution in [2.24, 2.45) is 52.3 Å². The van der Waals surface area contributed by atoms with Gasteiger partial charge in [0, 0.05) is 0 Å². The van der Waals surface area contributed by atoms with Gasteiger partial charge < -0.3 is 14.2 Å². The van der Waals surface area contributed by atoms with Crippen molar-refractivity contribution in [2.75, 3.05) is 6.61 Å². The molecule has 7 unspecified atom stereocenters. The summed E-state index contributed by atoms with van der Waals surface area (Å²) in [7, 11) is -9.62. The molecule has 222 valence electrons. The molecule has 9 nitrogen and oxygen atoms in total. The van der Waals surface area contributed by atoms with Crippen LogP contribution in [-0.4, -0.2) is 49.9 Å². The standard InChI is InChI=1S/C27H48O9S2.2Na/c1-17(2)6-5-7-18(16-35-37(29,30)31)20-10-11-21-19-8-9-23-25(28)24(36-38(32,33)34)13-15-27(23,4)22(19)12-14-26(20,21)3;;/h17-25,28H,5-16H2,1-4H3,(H,29,30,31)(H,32,33,34);;/q;2*+1/p-2/t18?,19?,20-,21?,22?,23?,24?,25?,26-,27-;;/m1../s1. The number of hydrogen-bond acceptors (Lipinski definition) is 9. The van der Waals surface area contributed by atoms with E-state index in [0.29, 0.717) is 36.0 Å². The Labute approximate surface area is 286 Å². The van der Waals surface area contributed by atoms with Crippen LogP contribution in [0.1, 0.15) is 98.3 Å². The van der Waals surface area contributed by atoms with Crippen molar-refractivity contribution >= 4 is 20.8 Å². The van der Waals surface area contributed by atoms with Gasteiger partial charge in [0.25, 0.3) is 0 Å². The van der Waals surface area contributed by atoms with Gasteiger partial charge in [-0.3, -0.25) is 8.37 Å². The van der Waals surface area contributed by atoms with Crippen LogP contribution < -0.4 is 59.1 Å². The second-order valence-corrected chi connectivity index (χ2v) is 15.7. The third-order valence-electron chi connectivity index (χ3n) is 11.4. The SMILES string of the molecule is CC(C)CCCC(COS(=O)(=O)[O-])[C@H]1CCC2C3CCC4C(O)C(OS(=O)(=O)[O-])CC[C@]4(C)C3CC[C@@]21C.[Na+].[Na+].